The minimum absolute atomic E-state index is 0.0163. The molecule has 1 N–H and O–H groups in total. The van der Waals surface area contributed by atoms with Crippen molar-refractivity contribution in [2.45, 2.75) is 13.3 Å². The van der Waals surface area contributed by atoms with Gasteiger partial charge in [-0.1, -0.05) is 6.92 Å². The van der Waals surface area contributed by atoms with Crippen molar-refractivity contribution in [2.75, 3.05) is 53.5 Å². The van der Waals surface area contributed by atoms with Crippen LogP contribution in [0.4, 0.5) is 4.79 Å². The molecule has 1 saturated heterocycles. The van der Waals surface area contributed by atoms with Crippen molar-refractivity contribution in [3.63, 3.8) is 0 Å². The lowest BCUT2D eigenvalue weighted by atomic mass is 10.1. The average molecular weight is 321 g/mol. The molecule has 0 spiro atoms. The number of methoxy groups -OCH3 is 2. The van der Waals surface area contributed by atoms with Gasteiger partial charge in [0.1, 0.15) is 11.5 Å². The van der Waals surface area contributed by atoms with E-state index in [1.54, 1.807) is 14.2 Å². The molecule has 128 valence electrons. The second kappa shape index (κ2) is 8.62. The van der Waals surface area contributed by atoms with Crippen LogP contribution in [0.1, 0.15) is 12.5 Å². The van der Waals surface area contributed by atoms with E-state index in [0.717, 1.165) is 49.8 Å². The van der Waals surface area contributed by atoms with Crippen LogP contribution in [0, 0.1) is 0 Å². The van der Waals surface area contributed by atoms with Gasteiger partial charge in [-0.25, -0.2) is 4.79 Å². The van der Waals surface area contributed by atoms with Crippen molar-refractivity contribution >= 4 is 6.03 Å². The van der Waals surface area contributed by atoms with Crippen LogP contribution < -0.4 is 14.8 Å². The van der Waals surface area contributed by atoms with Crippen LogP contribution in [0.5, 0.6) is 11.5 Å². The predicted octanol–water partition coefficient (Wildman–Crippen LogP) is 1.59. The molecule has 0 aromatic heterocycles. The normalized spacial score (nSPS) is 15.3. The van der Waals surface area contributed by atoms with Crippen molar-refractivity contribution < 1.29 is 14.3 Å². The van der Waals surface area contributed by atoms with Gasteiger partial charge in [0.05, 0.1) is 14.2 Å². The number of amides is 2. The summed E-state index contributed by atoms with van der Waals surface area (Å²) in [5, 5.41) is 2.99. The average Bonchev–Trinajstić information content (AvgIpc) is 2.61. The molecule has 0 unspecified atom stereocenters. The molecule has 6 nitrogen and oxygen atoms in total. The first-order valence-corrected chi connectivity index (χ1v) is 8.14. The molecule has 0 aliphatic carbocycles. The third-order valence-electron chi connectivity index (χ3n) is 4.26. The summed E-state index contributed by atoms with van der Waals surface area (Å²) in [6, 6.07) is 5.72. The lowest BCUT2D eigenvalue weighted by Crippen LogP contribution is -2.51. The highest BCUT2D eigenvalue weighted by atomic mass is 16.5. The van der Waals surface area contributed by atoms with E-state index in [-0.39, 0.29) is 6.03 Å². The lowest BCUT2D eigenvalue weighted by molar-refractivity contribution is 0.143. The van der Waals surface area contributed by atoms with Gasteiger partial charge >= 0.3 is 6.03 Å². The van der Waals surface area contributed by atoms with Gasteiger partial charge in [-0.05, 0) is 36.7 Å². The number of nitrogens with one attached hydrogen (secondary N) is 1. The van der Waals surface area contributed by atoms with Gasteiger partial charge < -0.3 is 24.6 Å². The first-order chi connectivity index (χ1) is 11.2. The smallest absolute Gasteiger partial charge is 0.317 e. The molecular formula is C17H27N3O3. The monoisotopic (exact) mass is 321 g/mol. The number of piperazine rings is 1. The summed E-state index contributed by atoms with van der Waals surface area (Å²) >= 11 is 0. The Balaban J connectivity index is 1.81. The van der Waals surface area contributed by atoms with Crippen molar-refractivity contribution in [1.29, 1.82) is 0 Å². The minimum atomic E-state index is 0.0163. The largest absolute Gasteiger partial charge is 0.497 e. The molecule has 6 heteroatoms. The number of hydrogen-bond acceptors (Lipinski definition) is 4. The third-order valence-corrected chi connectivity index (χ3v) is 4.26. The summed E-state index contributed by atoms with van der Waals surface area (Å²) in [5.41, 5.74) is 1.03. The van der Waals surface area contributed by atoms with Crippen molar-refractivity contribution in [3.8, 4) is 11.5 Å². The molecular weight excluding hydrogens is 294 g/mol. The summed E-state index contributed by atoms with van der Waals surface area (Å²) < 4.78 is 10.6. The van der Waals surface area contributed by atoms with E-state index >= 15 is 0 Å². The van der Waals surface area contributed by atoms with Crippen LogP contribution >= 0.6 is 0 Å². The van der Waals surface area contributed by atoms with Gasteiger partial charge in [0.2, 0.25) is 0 Å². The van der Waals surface area contributed by atoms with E-state index in [1.807, 2.05) is 23.1 Å². The Kier molecular flexibility index (Phi) is 6.52. The summed E-state index contributed by atoms with van der Waals surface area (Å²) in [6.45, 7) is 7.27. The van der Waals surface area contributed by atoms with Crippen LogP contribution in [-0.4, -0.2) is 69.3 Å². The van der Waals surface area contributed by atoms with E-state index in [2.05, 4.69) is 17.1 Å². The molecule has 1 fully saturated rings. The van der Waals surface area contributed by atoms with Crippen LogP contribution in [-0.2, 0) is 6.42 Å². The zero-order valence-corrected chi connectivity index (χ0v) is 14.3. The van der Waals surface area contributed by atoms with E-state index in [4.69, 9.17) is 9.47 Å². The molecule has 1 aromatic carbocycles. The number of carbonyl (C=O) groups excluding carboxylic acids is 1. The number of rotatable bonds is 6. The molecule has 0 bridgehead atoms. The maximum Gasteiger partial charge on any atom is 0.317 e. The van der Waals surface area contributed by atoms with Gasteiger partial charge in [-0.2, -0.15) is 0 Å². The molecule has 1 aromatic rings. The lowest BCUT2D eigenvalue weighted by Gasteiger charge is -2.34. The number of likely N-dealkylation sites (N-methyl/N-ethyl adjacent to an activating group) is 1. The maximum atomic E-state index is 12.2. The number of urea groups is 1. The molecule has 23 heavy (non-hydrogen) atoms. The van der Waals surface area contributed by atoms with Crippen molar-refractivity contribution in [1.82, 2.24) is 15.1 Å². The number of benzene rings is 1. The van der Waals surface area contributed by atoms with E-state index < -0.39 is 0 Å². The SMILES string of the molecule is CCN1CCN(C(=O)NCCc2cc(OC)ccc2OC)CC1. The van der Waals surface area contributed by atoms with Gasteiger partial charge in [-0.3, -0.25) is 0 Å². The van der Waals surface area contributed by atoms with Gasteiger partial charge in [0.15, 0.2) is 0 Å². The number of carbonyl (C=O) groups is 1. The van der Waals surface area contributed by atoms with Crippen LogP contribution in [0.25, 0.3) is 0 Å². The predicted molar refractivity (Wildman–Crippen MR) is 90.3 cm³/mol. The second-order valence-corrected chi connectivity index (χ2v) is 5.58. The molecule has 2 amide bonds. The van der Waals surface area contributed by atoms with Crippen molar-refractivity contribution in [2.24, 2.45) is 0 Å². The Morgan fingerprint density at radius 3 is 2.52 bits per heavy atom. The summed E-state index contributed by atoms with van der Waals surface area (Å²) in [5.74, 6) is 1.61. The first kappa shape index (κ1) is 17.4. The topological polar surface area (TPSA) is 54.0 Å². The zero-order valence-electron chi connectivity index (χ0n) is 14.3. The minimum Gasteiger partial charge on any atom is -0.497 e. The molecule has 0 atom stereocenters. The van der Waals surface area contributed by atoms with Gasteiger partial charge in [0.25, 0.3) is 0 Å². The Morgan fingerprint density at radius 1 is 1.17 bits per heavy atom. The fourth-order valence-electron chi connectivity index (χ4n) is 2.76. The van der Waals surface area contributed by atoms with Gasteiger partial charge in [-0.15, -0.1) is 0 Å². The molecule has 1 aliphatic heterocycles. The number of ether oxygens (including phenoxy) is 2. The summed E-state index contributed by atoms with van der Waals surface area (Å²) in [6.07, 6.45) is 0.709. The Hall–Kier alpha value is -1.95. The number of hydrogen-bond donors (Lipinski definition) is 1. The zero-order chi connectivity index (χ0) is 16.7. The Morgan fingerprint density at radius 2 is 1.91 bits per heavy atom. The quantitative estimate of drug-likeness (QED) is 0.864. The van der Waals surface area contributed by atoms with Crippen molar-refractivity contribution in [3.05, 3.63) is 23.8 Å². The van der Waals surface area contributed by atoms with Crippen LogP contribution in [0.15, 0.2) is 18.2 Å². The molecule has 1 aliphatic rings. The van der Waals surface area contributed by atoms with Crippen LogP contribution in [0.2, 0.25) is 0 Å². The highest BCUT2D eigenvalue weighted by Crippen LogP contribution is 2.24. The fourth-order valence-corrected chi connectivity index (χ4v) is 2.76. The molecule has 0 radical (unpaired) electrons. The van der Waals surface area contributed by atoms with Crippen LogP contribution in [0.3, 0.4) is 0 Å². The maximum absolute atomic E-state index is 12.2. The van der Waals surface area contributed by atoms with E-state index in [1.165, 1.54) is 0 Å². The third kappa shape index (κ3) is 4.76. The second-order valence-electron chi connectivity index (χ2n) is 5.58. The first-order valence-electron chi connectivity index (χ1n) is 8.14. The molecule has 0 saturated carbocycles. The highest BCUT2D eigenvalue weighted by molar-refractivity contribution is 5.74. The molecule has 1 heterocycles. The number of nitrogens with zero attached hydrogens (tertiary/aromatic N) is 2. The standard InChI is InChI=1S/C17H27N3O3/c1-4-19-9-11-20(12-10-19)17(21)18-8-7-14-13-15(22-2)5-6-16(14)23-3/h5-6,13H,4,7-12H2,1-3H3,(H,18,21). The highest BCUT2D eigenvalue weighted by Gasteiger charge is 2.19. The van der Waals surface area contributed by atoms with E-state index in [0.29, 0.717) is 13.0 Å². The Labute approximate surface area is 138 Å². The fraction of sp³-hybridized carbons (Fsp3) is 0.588. The molecule has 2 rings (SSSR count). The Bertz CT molecular complexity index is 514. The van der Waals surface area contributed by atoms with E-state index in [9.17, 15) is 4.79 Å². The summed E-state index contributed by atoms with van der Waals surface area (Å²) in [7, 11) is 3.29. The summed E-state index contributed by atoms with van der Waals surface area (Å²) in [4.78, 5) is 16.4. The van der Waals surface area contributed by atoms with Gasteiger partial charge in [0, 0.05) is 32.7 Å².